The Morgan fingerprint density at radius 2 is 1.74 bits per heavy atom. The van der Waals surface area contributed by atoms with Gasteiger partial charge in [0.05, 0.1) is 0 Å². The molecular weight excluding hydrogens is 236 g/mol. The van der Waals surface area contributed by atoms with Crippen molar-refractivity contribution in [2.75, 3.05) is 6.54 Å². The zero-order valence-corrected chi connectivity index (χ0v) is 12.9. The Morgan fingerprint density at radius 3 is 2.42 bits per heavy atom. The molecule has 3 heteroatoms. The van der Waals surface area contributed by atoms with E-state index in [1.54, 1.807) is 0 Å². The van der Waals surface area contributed by atoms with Crippen LogP contribution in [0.15, 0.2) is 0 Å². The molecule has 1 heterocycles. The second-order valence-corrected chi connectivity index (χ2v) is 7.21. The van der Waals surface area contributed by atoms with E-state index in [0.29, 0.717) is 29.7 Å². The standard InChI is InChI=1S/C16H30N2O/c1-10-7-12(3)13(4)18(9-10)16(19)15-8-14(17)6-5-11(15)2/h10-15H,5-9,17H2,1-4H3. The molecule has 0 bridgehead atoms. The van der Waals surface area contributed by atoms with Crippen LogP contribution in [-0.4, -0.2) is 29.4 Å². The highest BCUT2D eigenvalue weighted by atomic mass is 16.2. The lowest BCUT2D eigenvalue weighted by atomic mass is 9.76. The van der Waals surface area contributed by atoms with E-state index in [0.717, 1.165) is 25.8 Å². The number of nitrogens with two attached hydrogens (primary N) is 1. The van der Waals surface area contributed by atoms with Gasteiger partial charge in [0.1, 0.15) is 0 Å². The Kier molecular flexibility index (Phi) is 4.54. The maximum absolute atomic E-state index is 12.9. The number of amides is 1. The molecule has 2 fully saturated rings. The molecule has 0 aromatic carbocycles. The van der Waals surface area contributed by atoms with Crippen LogP contribution in [0.5, 0.6) is 0 Å². The number of hydrogen-bond donors (Lipinski definition) is 1. The van der Waals surface area contributed by atoms with E-state index in [-0.39, 0.29) is 12.0 Å². The molecule has 3 nitrogen and oxygen atoms in total. The number of carbonyl (C=O) groups excluding carboxylic acids is 1. The third kappa shape index (κ3) is 3.13. The third-order valence-corrected chi connectivity index (χ3v) is 5.43. The molecule has 2 aliphatic rings. The van der Waals surface area contributed by atoms with E-state index in [9.17, 15) is 4.79 Å². The maximum Gasteiger partial charge on any atom is 0.226 e. The van der Waals surface area contributed by atoms with Gasteiger partial charge in [-0.15, -0.1) is 0 Å². The van der Waals surface area contributed by atoms with Crippen LogP contribution in [0.1, 0.15) is 53.4 Å². The van der Waals surface area contributed by atoms with Crippen molar-refractivity contribution in [2.24, 2.45) is 29.4 Å². The molecule has 1 aliphatic heterocycles. The fraction of sp³-hybridized carbons (Fsp3) is 0.938. The number of piperidine rings is 1. The van der Waals surface area contributed by atoms with Crippen LogP contribution >= 0.6 is 0 Å². The van der Waals surface area contributed by atoms with Gasteiger partial charge in [0.25, 0.3) is 0 Å². The summed E-state index contributed by atoms with van der Waals surface area (Å²) in [6, 6.07) is 0.606. The number of carbonyl (C=O) groups is 1. The molecule has 1 saturated carbocycles. The molecule has 0 radical (unpaired) electrons. The van der Waals surface area contributed by atoms with E-state index in [1.807, 2.05) is 0 Å². The minimum Gasteiger partial charge on any atom is -0.339 e. The Balaban J connectivity index is 2.08. The largest absolute Gasteiger partial charge is 0.339 e. The minimum atomic E-state index is 0.156. The molecule has 2 rings (SSSR count). The first kappa shape index (κ1) is 14.8. The zero-order valence-electron chi connectivity index (χ0n) is 12.9. The lowest BCUT2D eigenvalue weighted by Crippen LogP contribution is -2.53. The van der Waals surface area contributed by atoms with Crippen LogP contribution in [0.25, 0.3) is 0 Å². The van der Waals surface area contributed by atoms with Gasteiger partial charge in [-0.2, -0.15) is 0 Å². The number of rotatable bonds is 1. The van der Waals surface area contributed by atoms with Crippen LogP contribution in [0.3, 0.4) is 0 Å². The van der Waals surface area contributed by atoms with Crippen molar-refractivity contribution in [3.8, 4) is 0 Å². The summed E-state index contributed by atoms with van der Waals surface area (Å²) in [5.41, 5.74) is 6.07. The van der Waals surface area contributed by atoms with Gasteiger partial charge in [0.15, 0.2) is 0 Å². The Morgan fingerprint density at radius 1 is 1.05 bits per heavy atom. The van der Waals surface area contributed by atoms with Crippen molar-refractivity contribution in [3.63, 3.8) is 0 Å². The SMILES string of the molecule is CC1CC(C)C(C)N(C(=O)C2CC(N)CCC2C)C1. The van der Waals surface area contributed by atoms with Gasteiger partial charge < -0.3 is 10.6 Å². The maximum atomic E-state index is 12.9. The normalized spacial score (nSPS) is 44.2. The highest BCUT2D eigenvalue weighted by molar-refractivity contribution is 5.79. The Labute approximate surface area is 117 Å². The van der Waals surface area contributed by atoms with E-state index < -0.39 is 0 Å². The summed E-state index contributed by atoms with van der Waals surface area (Å²) in [7, 11) is 0. The van der Waals surface area contributed by atoms with Crippen molar-refractivity contribution in [3.05, 3.63) is 0 Å². The monoisotopic (exact) mass is 266 g/mol. The summed E-state index contributed by atoms with van der Waals surface area (Å²) in [5.74, 6) is 2.26. The molecule has 1 amide bonds. The van der Waals surface area contributed by atoms with Crippen molar-refractivity contribution in [2.45, 2.75) is 65.5 Å². The topological polar surface area (TPSA) is 46.3 Å². The number of nitrogens with zero attached hydrogens (tertiary/aromatic N) is 1. The molecule has 0 spiro atoms. The van der Waals surface area contributed by atoms with Gasteiger partial charge in [-0.25, -0.2) is 0 Å². The lowest BCUT2D eigenvalue weighted by molar-refractivity contribution is -0.144. The van der Waals surface area contributed by atoms with Gasteiger partial charge in [0, 0.05) is 24.5 Å². The quantitative estimate of drug-likeness (QED) is 0.793. The van der Waals surface area contributed by atoms with Gasteiger partial charge in [-0.05, 0) is 50.4 Å². The van der Waals surface area contributed by atoms with Crippen molar-refractivity contribution >= 4 is 5.91 Å². The van der Waals surface area contributed by atoms with Crippen LogP contribution in [0.2, 0.25) is 0 Å². The highest BCUT2D eigenvalue weighted by Gasteiger charge is 2.38. The summed E-state index contributed by atoms with van der Waals surface area (Å²) in [4.78, 5) is 15.0. The van der Waals surface area contributed by atoms with Crippen molar-refractivity contribution in [1.29, 1.82) is 0 Å². The predicted molar refractivity (Wildman–Crippen MR) is 78.6 cm³/mol. The second kappa shape index (κ2) is 5.82. The molecule has 6 unspecified atom stereocenters. The summed E-state index contributed by atoms with van der Waals surface area (Å²) < 4.78 is 0. The third-order valence-electron chi connectivity index (χ3n) is 5.43. The summed E-state index contributed by atoms with van der Waals surface area (Å²) in [5, 5.41) is 0. The van der Waals surface area contributed by atoms with Crippen molar-refractivity contribution < 1.29 is 4.79 Å². The first-order valence-electron chi connectivity index (χ1n) is 7.96. The molecule has 19 heavy (non-hydrogen) atoms. The average Bonchev–Trinajstić information content (AvgIpc) is 2.36. The summed E-state index contributed by atoms with van der Waals surface area (Å²) in [6.45, 7) is 9.90. The molecule has 6 atom stereocenters. The van der Waals surface area contributed by atoms with Gasteiger partial charge in [-0.3, -0.25) is 4.79 Å². The van der Waals surface area contributed by atoms with E-state index >= 15 is 0 Å². The molecule has 0 aromatic heterocycles. The Bertz CT molecular complexity index is 331. The number of likely N-dealkylation sites (tertiary alicyclic amines) is 1. The van der Waals surface area contributed by atoms with E-state index in [2.05, 4.69) is 32.6 Å². The van der Waals surface area contributed by atoms with Gasteiger partial charge in [0.2, 0.25) is 5.91 Å². The molecule has 1 saturated heterocycles. The van der Waals surface area contributed by atoms with Crippen LogP contribution in [-0.2, 0) is 4.79 Å². The molecule has 2 N–H and O–H groups in total. The molecule has 110 valence electrons. The van der Waals surface area contributed by atoms with Gasteiger partial charge in [-0.1, -0.05) is 20.8 Å². The van der Waals surface area contributed by atoms with Gasteiger partial charge >= 0.3 is 0 Å². The lowest BCUT2D eigenvalue weighted by Gasteiger charge is -2.44. The fourth-order valence-corrected chi connectivity index (χ4v) is 3.92. The van der Waals surface area contributed by atoms with Crippen molar-refractivity contribution in [1.82, 2.24) is 4.90 Å². The van der Waals surface area contributed by atoms with Crippen LogP contribution in [0, 0.1) is 23.7 Å². The van der Waals surface area contributed by atoms with E-state index in [1.165, 1.54) is 6.42 Å². The smallest absolute Gasteiger partial charge is 0.226 e. The first-order chi connectivity index (χ1) is 8.90. The average molecular weight is 266 g/mol. The zero-order chi connectivity index (χ0) is 14.2. The fourth-order valence-electron chi connectivity index (χ4n) is 3.92. The molecule has 1 aliphatic carbocycles. The van der Waals surface area contributed by atoms with E-state index in [4.69, 9.17) is 5.73 Å². The summed E-state index contributed by atoms with van der Waals surface area (Å²) in [6.07, 6.45) is 4.30. The second-order valence-electron chi connectivity index (χ2n) is 7.21. The highest BCUT2D eigenvalue weighted by Crippen LogP contribution is 2.34. The molecule has 0 aromatic rings. The minimum absolute atomic E-state index is 0.156. The summed E-state index contributed by atoms with van der Waals surface area (Å²) >= 11 is 0. The number of hydrogen-bond acceptors (Lipinski definition) is 2. The van der Waals surface area contributed by atoms with Crippen LogP contribution < -0.4 is 5.73 Å². The predicted octanol–water partition coefficient (Wildman–Crippen LogP) is 2.64. The van der Waals surface area contributed by atoms with Crippen LogP contribution in [0.4, 0.5) is 0 Å². The Hall–Kier alpha value is -0.570. The first-order valence-corrected chi connectivity index (χ1v) is 7.96. The molecular formula is C16H30N2O.